The van der Waals surface area contributed by atoms with Crippen LogP contribution in [0.15, 0.2) is 59.0 Å². The van der Waals surface area contributed by atoms with Gasteiger partial charge in [-0.25, -0.2) is 8.78 Å². The highest BCUT2D eigenvalue weighted by Crippen LogP contribution is 2.31. The molecule has 1 amide bonds. The number of pyridine rings is 1. The van der Waals surface area contributed by atoms with Gasteiger partial charge in [-0.1, -0.05) is 25.0 Å². The van der Waals surface area contributed by atoms with Gasteiger partial charge in [0.1, 0.15) is 11.6 Å². The van der Waals surface area contributed by atoms with Crippen molar-refractivity contribution in [3.63, 3.8) is 0 Å². The molecule has 0 spiro atoms. The zero-order chi connectivity index (χ0) is 27.3. The summed E-state index contributed by atoms with van der Waals surface area (Å²) in [6, 6.07) is 9.13. The smallest absolute Gasteiger partial charge is 0.259 e. The van der Waals surface area contributed by atoms with Gasteiger partial charge in [-0.2, -0.15) is 5.10 Å². The van der Waals surface area contributed by atoms with Gasteiger partial charge in [-0.05, 0) is 53.6 Å². The second-order valence-corrected chi connectivity index (χ2v) is 10.9. The van der Waals surface area contributed by atoms with Gasteiger partial charge in [0, 0.05) is 30.4 Å². The third-order valence-electron chi connectivity index (χ3n) is 7.42. The number of aliphatic hydroxyl groups is 1. The van der Waals surface area contributed by atoms with Crippen molar-refractivity contribution < 1.29 is 18.7 Å². The molecule has 3 heterocycles. The lowest BCUT2D eigenvalue weighted by molar-refractivity contribution is 0.0718. The molecule has 2 atom stereocenters. The number of amides is 1. The van der Waals surface area contributed by atoms with E-state index in [1.54, 1.807) is 41.5 Å². The van der Waals surface area contributed by atoms with Gasteiger partial charge in [0.05, 0.1) is 39.9 Å². The van der Waals surface area contributed by atoms with Crippen molar-refractivity contribution >= 4 is 38.2 Å². The highest BCUT2D eigenvalue weighted by Gasteiger charge is 2.26. The Morgan fingerprint density at radius 1 is 1.13 bits per heavy atom. The molecule has 10 heteroatoms. The van der Waals surface area contributed by atoms with Gasteiger partial charge in [0.15, 0.2) is 0 Å². The van der Waals surface area contributed by atoms with Gasteiger partial charge < -0.3 is 15.0 Å². The maximum atomic E-state index is 15.4. The van der Waals surface area contributed by atoms with E-state index in [0.29, 0.717) is 39.6 Å². The predicted octanol–water partition coefficient (Wildman–Crippen LogP) is 4.98. The molecule has 6 rings (SSSR count). The lowest BCUT2D eigenvalue weighted by Crippen LogP contribution is -2.45. The Labute approximate surface area is 226 Å². The van der Waals surface area contributed by atoms with Crippen molar-refractivity contribution in [2.45, 2.75) is 44.4 Å². The van der Waals surface area contributed by atoms with Gasteiger partial charge >= 0.3 is 0 Å². The largest absolute Gasteiger partial charge is 0.391 e. The molecule has 1 aliphatic carbocycles. The summed E-state index contributed by atoms with van der Waals surface area (Å²) in [4.78, 5) is 26.5. The van der Waals surface area contributed by atoms with Crippen LogP contribution in [-0.2, 0) is 13.6 Å². The van der Waals surface area contributed by atoms with Crippen molar-refractivity contribution in [2.75, 3.05) is 0 Å². The summed E-state index contributed by atoms with van der Waals surface area (Å²) in [5.41, 5.74) is 1.23. The van der Waals surface area contributed by atoms with E-state index in [1.165, 1.54) is 34.2 Å². The maximum Gasteiger partial charge on any atom is 0.259 e. The summed E-state index contributed by atoms with van der Waals surface area (Å²) in [5.74, 6) is -2.01. The number of rotatable bonds is 5. The summed E-state index contributed by atoms with van der Waals surface area (Å²) in [5, 5.41) is 20.3. The van der Waals surface area contributed by atoms with Crippen molar-refractivity contribution in [1.82, 2.24) is 19.7 Å². The summed E-state index contributed by atoms with van der Waals surface area (Å²) in [6.45, 7) is -0.383. The highest BCUT2D eigenvalue weighted by molar-refractivity contribution is 7.17. The van der Waals surface area contributed by atoms with Gasteiger partial charge in [-0.3, -0.25) is 14.3 Å². The Hall–Kier alpha value is -3.89. The van der Waals surface area contributed by atoms with E-state index in [1.807, 2.05) is 6.07 Å². The Kier molecular flexibility index (Phi) is 6.52. The Balaban J connectivity index is 1.36. The van der Waals surface area contributed by atoms with Gasteiger partial charge in [0.2, 0.25) is 0 Å². The normalized spacial score (nSPS) is 17.6. The SMILES string of the molecule is Cn1cc2c(-c3cc(F)c(Cn4cc(C(=O)N[C@H]5CCCC[C@@H]5O)c5sccc5c4=O)c(F)c3)cccc2n1. The number of carbonyl (C=O) groups is 1. The second-order valence-electron chi connectivity index (χ2n) is 10.0. The van der Waals surface area contributed by atoms with Crippen molar-refractivity contribution in [3.8, 4) is 11.1 Å². The molecule has 0 saturated heterocycles. The number of aliphatic hydroxyl groups excluding tert-OH is 1. The first-order chi connectivity index (χ1) is 18.8. The third-order valence-corrected chi connectivity index (χ3v) is 8.37. The van der Waals surface area contributed by atoms with E-state index in [2.05, 4.69) is 10.4 Å². The molecule has 1 saturated carbocycles. The van der Waals surface area contributed by atoms with E-state index in [9.17, 15) is 14.7 Å². The van der Waals surface area contributed by atoms with Crippen molar-refractivity contribution in [1.29, 1.82) is 0 Å². The summed E-state index contributed by atoms with van der Waals surface area (Å²) >= 11 is 1.25. The number of halogens is 2. The van der Waals surface area contributed by atoms with Crippen LogP contribution in [0.3, 0.4) is 0 Å². The minimum atomic E-state index is -0.792. The average molecular weight is 549 g/mol. The fourth-order valence-electron chi connectivity index (χ4n) is 5.41. The molecule has 7 nitrogen and oxygen atoms in total. The number of nitrogens with zero attached hydrogens (tertiary/aromatic N) is 3. The van der Waals surface area contributed by atoms with Gasteiger partial charge in [0.25, 0.3) is 11.5 Å². The molecule has 3 aromatic heterocycles. The number of benzene rings is 2. The fraction of sp³-hybridized carbons (Fsp3) is 0.276. The molecular formula is C29H26F2N4O3S. The second kappa shape index (κ2) is 10.0. The number of nitrogens with one attached hydrogen (secondary N) is 1. The molecular weight excluding hydrogens is 522 g/mol. The first kappa shape index (κ1) is 25.4. The number of hydrogen-bond acceptors (Lipinski definition) is 5. The van der Waals surface area contributed by atoms with Crippen LogP contribution < -0.4 is 10.9 Å². The number of aryl methyl sites for hydroxylation is 1. The Bertz CT molecular complexity index is 1770. The molecule has 39 heavy (non-hydrogen) atoms. The highest BCUT2D eigenvalue weighted by atomic mass is 32.1. The molecule has 0 unspecified atom stereocenters. The third kappa shape index (κ3) is 4.63. The van der Waals surface area contributed by atoms with Crippen LogP contribution in [0.1, 0.15) is 41.6 Å². The van der Waals surface area contributed by atoms with Crippen molar-refractivity contribution in [2.24, 2.45) is 7.05 Å². The Morgan fingerprint density at radius 2 is 1.90 bits per heavy atom. The molecule has 1 aliphatic rings. The van der Waals surface area contributed by atoms with E-state index >= 15 is 8.78 Å². The first-order valence-electron chi connectivity index (χ1n) is 12.8. The van der Waals surface area contributed by atoms with Crippen LogP contribution in [-0.4, -0.2) is 37.5 Å². The van der Waals surface area contributed by atoms with Crippen LogP contribution in [0.2, 0.25) is 0 Å². The lowest BCUT2D eigenvalue weighted by atomic mass is 9.92. The average Bonchev–Trinajstić information content (AvgIpc) is 3.55. The van der Waals surface area contributed by atoms with Crippen LogP contribution in [0.5, 0.6) is 0 Å². The predicted molar refractivity (Wildman–Crippen MR) is 147 cm³/mol. The van der Waals surface area contributed by atoms with Gasteiger partial charge in [-0.15, -0.1) is 11.3 Å². The molecule has 0 radical (unpaired) electrons. The van der Waals surface area contributed by atoms with Crippen LogP contribution in [0.4, 0.5) is 8.78 Å². The molecule has 200 valence electrons. The molecule has 5 aromatic rings. The number of aromatic nitrogens is 3. The number of thiophene rings is 1. The quantitative estimate of drug-likeness (QED) is 0.324. The summed E-state index contributed by atoms with van der Waals surface area (Å²) in [7, 11) is 1.78. The van der Waals surface area contributed by atoms with Crippen LogP contribution in [0.25, 0.3) is 32.1 Å². The minimum Gasteiger partial charge on any atom is -0.391 e. The van der Waals surface area contributed by atoms with E-state index in [4.69, 9.17) is 0 Å². The molecule has 1 fully saturated rings. The van der Waals surface area contributed by atoms with E-state index in [0.717, 1.165) is 18.2 Å². The number of hydrogen-bond donors (Lipinski definition) is 2. The number of fused-ring (bicyclic) bond motifs is 2. The topological polar surface area (TPSA) is 89.1 Å². The van der Waals surface area contributed by atoms with E-state index in [-0.39, 0.29) is 23.7 Å². The molecule has 2 aromatic carbocycles. The standard InChI is InChI=1S/C29H26F2N4O3S/c1-34-13-19-17(5-4-7-24(19)33-34)16-11-22(30)20(23(31)12-16)14-35-15-21(27-18(29(35)38)9-10-39-27)28(37)32-25-6-2-3-8-26(25)36/h4-5,7,9-13,15,25-26,36H,2-3,6,8,14H2,1H3,(H,32,37)/t25-,26-/m0/s1. The van der Waals surface area contributed by atoms with E-state index < -0.39 is 29.2 Å². The zero-order valence-electron chi connectivity index (χ0n) is 21.2. The van der Waals surface area contributed by atoms with Crippen LogP contribution in [0, 0.1) is 11.6 Å². The molecule has 0 aliphatic heterocycles. The first-order valence-corrected chi connectivity index (χ1v) is 13.7. The summed E-state index contributed by atoms with van der Waals surface area (Å²) in [6.07, 6.45) is 5.60. The maximum absolute atomic E-state index is 15.4. The lowest BCUT2D eigenvalue weighted by Gasteiger charge is -2.28. The van der Waals surface area contributed by atoms with Crippen LogP contribution >= 0.6 is 11.3 Å². The Morgan fingerprint density at radius 3 is 2.67 bits per heavy atom. The van der Waals surface area contributed by atoms with Crippen molar-refractivity contribution in [3.05, 3.63) is 87.3 Å². The molecule has 0 bridgehead atoms. The summed E-state index contributed by atoms with van der Waals surface area (Å²) < 4.78 is 34.1. The minimum absolute atomic E-state index is 0.234. The monoisotopic (exact) mass is 548 g/mol. The number of carbonyl (C=O) groups excluding carboxylic acids is 1. The zero-order valence-corrected chi connectivity index (χ0v) is 22.0. The molecule has 2 N–H and O–H groups in total. The fourth-order valence-corrected chi connectivity index (χ4v) is 6.31.